The van der Waals surface area contributed by atoms with Gasteiger partial charge in [0.25, 0.3) is 5.56 Å². The first-order chi connectivity index (χ1) is 15.5. The highest BCUT2D eigenvalue weighted by atomic mass is 32.1. The number of aromatic amines is 1. The molecule has 0 fully saturated rings. The second-order valence-electron chi connectivity index (χ2n) is 7.59. The van der Waals surface area contributed by atoms with E-state index in [-0.39, 0.29) is 5.56 Å². The number of anilines is 1. The monoisotopic (exact) mass is 444 g/mol. The molecule has 0 saturated heterocycles. The Balaban J connectivity index is 1.64. The molecule has 0 atom stereocenters. The van der Waals surface area contributed by atoms with Crippen LogP contribution in [0.2, 0.25) is 0 Å². The number of pyridine rings is 2. The van der Waals surface area contributed by atoms with E-state index in [0.29, 0.717) is 23.8 Å². The number of benzene rings is 2. The first-order valence-corrected chi connectivity index (χ1v) is 10.6. The third-order valence-corrected chi connectivity index (χ3v) is 5.50. The Morgan fingerprint density at radius 2 is 2.00 bits per heavy atom. The highest BCUT2D eigenvalue weighted by Crippen LogP contribution is 2.19. The number of hydrogen-bond acceptors (Lipinski definition) is 4. The van der Waals surface area contributed by atoms with Crippen LogP contribution < -0.4 is 15.6 Å². The summed E-state index contributed by atoms with van der Waals surface area (Å²) in [6.45, 7) is 2.86. The van der Waals surface area contributed by atoms with Crippen LogP contribution >= 0.6 is 12.2 Å². The molecule has 0 aliphatic heterocycles. The summed E-state index contributed by atoms with van der Waals surface area (Å²) < 4.78 is 5.30. The van der Waals surface area contributed by atoms with E-state index in [0.717, 1.165) is 33.5 Å². The SMILES string of the molecule is COc1cccc(NC(=S)N(Cc2cccnc2)Cc2cc3ccc(C)cc3[nH]c2=O)c1. The van der Waals surface area contributed by atoms with Gasteiger partial charge < -0.3 is 19.9 Å². The van der Waals surface area contributed by atoms with Crippen LogP contribution in [0.25, 0.3) is 10.9 Å². The first kappa shape index (κ1) is 21.5. The number of nitrogens with zero attached hydrogens (tertiary/aromatic N) is 2. The number of H-pyrrole nitrogens is 1. The quantitative estimate of drug-likeness (QED) is 0.422. The topological polar surface area (TPSA) is 70.2 Å². The number of fused-ring (bicyclic) bond motifs is 1. The Hall–Kier alpha value is -3.71. The van der Waals surface area contributed by atoms with Gasteiger partial charge in [-0.2, -0.15) is 0 Å². The first-order valence-electron chi connectivity index (χ1n) is 10.2. The molecule has 4 aromatic rings. The molecule has 7 heteroatoms. The maximum absolute atomic E-state index is 12.8. The Morgan fingerprint density at radius 3 is 2.78 bits per heavy atom. The second kappa shape index (κ2) is 9.62. The minimum Gasteiger partial charge on any atom is -0.497 e. The van der Waals surface area contributed by atoms with Gasteiger partial charge in [0, 0.05) is 41.8 Å². The molecular weight excluding hydrogens is 420 g/mol. The number of ether oxygens (including phenoxy) is 1. The standard InChI is InChI=1S/C25H24N4O2S/c1-17-8-9-19-12-20(24(30)28-23(19)11-17)16-29(15-18-5-4-10-26-14-18)25(32)27-21-6-3-7-22(13-21)31-2/h3-14H,15-16H2,1-2H3,(H,27,32)(H,28,30). The molecular formula is C25H24N4O2S. The van der Waals surface area contributed by atoms with Crippen molar-refractivity contribution < 1.29 is 4.74 Å². The van der Waals surface area contributed by atoms with Crippen molar-refractivity contribution in [3.8, 4) is 5.75 Å². The molecule has 0 aliphatic rings. The maximum Gasteiger partial charge on any atom is 0.253 e. The lowest BCUT2D eigenvalue weighted by atomic mass is 10.1. The predicted octanol–water partition coefficient (Wildman–Crippen LogP) is 4.64. The Morgan fingerprint density at radius 1 is 1.12 bits per heavy atom. The molecule has 0 amide bonds. The molecule has 2 N–H and O–H groups in total. The Labute approximate surface area is 191 Å². The van der Waals surface area contributed by atoms with Crippen molar-refractivity contribution in [2.45, 2.75) is 20.0 Å². The second-order valence-corrected chi connectivity index (χ2v) is 7.98. The molecule has 0 saturated carbocycles. The predicted molar refractivity (Wildman–Crippen MR) is 132 cm³/mol. The molecule has 2 aromatic carbocycles. The Bertz CT molecular complexity index is 1300. The van der Waals surface area contributed by atoms with Gasteiger partial charge in [0.05, 0.1) is 13.7 Å². The normalized spacial score (nSPS) is 10.7. The summed E-state index contributed by atoms with van der Waals surface area (Å²) in [5, 5.41) is 4.76. The van der Waals surface area contributed by atoms with E-state index in [9.17, 15) is 4.79 Å². The number of aryl methyl sites for hydroxylation is 1. The van der Waals surface area contributed by atoms with Crippen LogP contribution in [0.15, 0.2) is 77.9 Å². The molecule has 32 heavy (non-hydrogen) atoms. The lowest BCUT2D eigenvalue weighted by Crippen LogP contribution is -2.35. The van der Waals surface area contributed by atoms with Gasteiger partial charge in [-0.15, -0.1) is 0 Å². The molecule has 2 heterocycles. The highest BCUT2D eigenvalue weighted by molar-refractivity contribution is 7.80. The zero-order valence-electron chi connectivity index (χ0n) is 18.0. The molecule has 2 aromatic heterocycles. The minimum absolute atomic E-state index is 0.122. The van der Waals surface area contributed by atoms with E-state index in [1.807, 2.05) is 72.5 Å². The van der Waals surface area contributed by atoms with Gasteiger partial charge in [0.2, 0.25) is 0 Å². The molecule has 162 valence electrons. The highest BCUT2D eigenvalue weighted by Gasteiger charge is 2.15. The number of thiocarbonyl (C=S) groups is 1. The van der Waals surface area contributed by atoms with Crippen molar-refractivity contribution in [3.05, 3.63) is 100 Å². The fraction of sp³-hybridized carbons (Fsp3) is 0.160. The van der Waals surface area contributed by atoms with Gasteiger partial charge in [-0.3, -0.25) is 9.78 Å². The summed E-state index contributed by atoms with van der Waals surface area (Å²) in [6, 6.07) is 19.4. The number of rotatable bonds is 6. The summed E-state index contributed by atoms with van der Waals surface area (Å²) in [7, 11) is 1.62. The number of aromatic nitrogens is 2. The van der Waals surface area contributed by atoms with Gasteiger partial charge in [-0.1, -0.05) is 24.3 Å². The number of nitrogens with one attached hydrogen (secondary N) is 2. The zero-order chi connectivity index (χ0) is 22.5. The van der Waals surface area contributed by atoms with E-state index >= 15 is 0 Å². The molecule has 4 rings (SSSR count). The van der Waals surface area contributed by atoms with Gasteiger partial charge in [-0.05, 0) is 66.0 Å². The fourth-order valence-corrected chi connectivity index (χ4v) is 3.75. The zero-order valence-corrected chi connectivity index (χ0v) is 18.8. The van der Waals surface area contributed by atoms with Crippen LogP contribution in [0.5, 0.6) is 5.75 Å². The van der Waals surface area contributed by atoms with Crippen LogP contribution in [0.1, 0.15) is 16.7 Å². The lowest BCUT2D eigenvalue weighted by molar-refractivity contribution is 0.410. The third-order valence-electron chi connectivity index (χ3n) is 5.14. The van der Waals surface area contributed by atoms with Crippen molar-refractivity contribution in [1.82, 2.24) is 14.9 Å². The molecule has 0 radical (unpaired) electrons. The van der Waals surface area contributed by atoms with E-state index in [4.69, 9.17) is 17.0 Å². The summed E-state index contributed by atoms with van der Waals surface area (Å²) in [6.07, 6.45) is 3.53. The van der Waals surface area contributed by atoms with Crippen molar-refractivity contribution >= 4 is 33.9 Å². The van der Waals surface area contributed by atoms with Crippen molar-refractivity contribution in [2.75, 3.05) is 12.4 Å². The minimum atomic E-state index is -0.122. The molecule has 0 bridgehead atoms. The van der Waals surface area contributed by atoms with Crippen LogP contribution in [0.3, 0.4) is 0 Å². The molecule has 0 aliphatic carbocycles. The summed E-state index contributed by atoms with van der Waals surface area (Å²) in [5.41, 5.74) is 4.25. The van der Waals surface area contributed by atoms with Crippen LogP contribution in [-0.4, -0.2) is 27.1 Å². The van der Waals surface area contributed by atoms with Crippen LogP contribution in [0, 0.1) is 6.92 Å². The van der Waals surface area contributed by atoms with Crippen molar-refractivity contribution in [2.24, 2.45) is 0 Å². The van der Waals surface area contributed by atoms with Crippen molar-refractivity contribution in [1.29, 1.82) is 0 Å². The summed E-state index contributed by atoms with van der Waals surface area (Å²) >= 11 is 5.73. The van der Waals surface area contributed by atoms with Gasteiger partial charge >= 0.3 is 0 Å². The maximum atomic E-state index is 12.8. The fourth-order valence-electron chi connectivity index (χ4n) is 3.50. The van der Waals surface area contributed by atoms with E-state index in [1.165, 1.54) is 0 Å². The summed E-state index contributed by atoms with van der Waals surface area (Å²) in [4.78, 5) is 22.0. The molecule has 0 spiro atoms. The molecule has 0 unspecified atom stereocenters. The van der Waals surface area contributed by atoms with E-state index in [2.05, 4.69) is 15.3 Å². The van der Waals surface area contributed by atoms with Gasteiger partial charge in [0.1, 0.15) is 5.75 Å². The van der Waals surface area contributed by atoms with E-state index < -0.39 is 0 Å². The van der Waals surface area contributed by atoms with Crippen molar-refractivity contribution in [3.63, 3.8) is 0 Å². The van der Waals surface area contributed by atoms with Crippen LogP contribution in [0.4, 0.5) is 5.69 Å². The largest absolute Gasteiger partial charge is 0.497 e. The number of hydrogen-bond donors (Lipinski definition) is 2. The van der Waals surface area contributed by atoms with Gasteiger partial charge in [0.15, 0.2) is 5.11 Å². The van der Waals surface area contributed by atoms with Crippen LogP contribution in [-0.2, 0) is 13.1 Å². The average Bonchev–Trinajstić information content (AvgIpc) is 2.80. The van der Waals surface area contributed by atoms with Gasteiger partial charge in [-0.25, -0.2) is 0 Å². The summed E-state index contributed by atoms with van der Waals surface area (Å²) in [5.74, 6) is 0.734. The number of methoxy groups -OCH3 is 1. The third kappa shape index (κ3) is 5.12. The Kier molecular flexibility index (Phi) is 6.47. The lowest BCUT2D eigenvalue weighted by Gasteiger charge is -2.26. The smallest absolute Gasteiger partial charge is 0.253 e. The molecule has 6 nitrogen and oxygen atoms in total. The van der Waals surface area contributed by atoms with E-state index in [1.54, 1.807) is 19.5 Å². The average molecular weight is 445 g/mol.